The lowest BCUT2D eigenvalue weighted by atomic mass is 10.1. The highest BCUT2D eigenvalue weighted by Crippen LogP contribution is 2.31. The topological polar surface area (TPSA) is 53.1 Å². The van der Waals surface area contributed by atoms with Crippen LogP contribution in [-0.4, -0.2) is 46.6 Å². The molecule has 0 spiro atoms. The standard InChI is InChI=1S/C15H25N5/c1-3-11-14(16-4-2)17-10-18-15(11)19-12-7-9-20-8-5-6-13(12)20/h10,12-13H,3-9H2,1-2H3,(H2,16,17,18,19). The third-order valence-corrected chi connectivity index (χ3v) is 4.57. The first-order valence-corrected chi connectivity index (χ1v) is 7.91. The van der Waals surface area contributed by atoms with Gasteiger partial charge in [-0.05, 0) is 39.2 Å². The molecule has 0 amide bonds. The van der Waals surface area contributed by atoms with Crippen LogP contribution in [0.3, 0.4) is 0 Å². The van der Waals surface area contributed by atoms with Crippen molar-refractivity contribution < 1.29 is 0 Å². The normalized spacial score (nSPS) is 25.7. The van der Waals surface area contributed by atoms with Crippen LogP contribution in [0.1, 0.15) is 38.7 Å². The van der Waals surface area contributed by atoms with Crippen molar-refractivity contribution in [3.8, 4) is 0 Å². The molecule has 0 aromatic carbocycles. The van der Waals surface area contributed by atoms with E-state index in [1.165, 1.54) is 37.9 Å². The average Bonchev–Trinajstić information content (AvgIpc) is 3.04. The number of hydrogen-bond donors (Lipinski definition) is 2. The highest BCUT2D eigenvalue weighted by molar-refractivity contribution is 5.58. The van der Waals surface area contributed by atoms with Gasteiger partial charge in [-0.15, -0.1) is 0 Å². The predicted molar refractivity (Wildman–Crippen MR) is 82.2 cm³/mol. The number of nitrogens with zero attached hydrogens (tertiary/aromatic N) is 3. The molecule has 0 saturated carbocycles. The van der Waals surface area contributed by atoms with Crippen molar-refractivity contribution in [1.82, 2.24) is 14.9 Å². The summed E-state index contributed by atoms with van der Waals surface area (Å²) in [6.45, 7) is 7.66. The Morgan fingerprint density at radius 3 is 2.85 bits per heavy atom. The Morgan fingerprint density at radius 2 is 2.05 bits per heavy atom. The Labute approximate surface area is 121 Å². The van der Waals surface area contributed by atoms with Gasteiger partial charge in [-0.25, -0.2) is 9.97 Å². The minimum atomic E-state index is 0.548. The second-order valence-electron chi connectivity index (χ2n) is 5.72. The Bertz CT molecular complexity index is 462. The van der Waals surface area contributed by atoms with Crippen LogP contribution < -0.4 is 10.6 Å². The van der Waals surface area contributed by atoms with Gasteiger partial charge in [0.2, 0.25) is 0 Å². The summed E-state index contributed by atoms with van der Waals surface area (Å²) < 4.78 is 0. The monoisotopic (exact) mass is 275 g/mol. The zero-order valence-corrected chi connectivity index (χ0v) is 12.5. The molecule has 2 N–H and O–H groups in total. The smallest absolute Gasteiger partial charge is 0.134 e. The zero-order chi connectivity index (χ0) is 13.9. The first-order valence-electron chi connectivity index (χ1n) is 7.91. The number of anilines is 2. The highest BCUT2D eigenvalue weighted by Gasteiger charge is 2.37. The second-order valence-corrected chi connectivity index (χ2v) is 5.72. The van der Waals surface area contributed by atoms with Crippen LogP contribution in [0.2, 0.25) is 0 Å². The summed E-state index contributed by atoms with van der Waals surface area (Å²) in [4.78, 5) is 11.5. The van der Waals surface area contributed by atoms with Gasteiger partial charge in [0.05, 0.1) is 0 Å². The number of fused-ring (bicyclic) bond motifs is 1. The van der Waals surface area contributed by atoms with E-state index >= 15 is 0 Å². The van der Waals surface area contributed by atoms with E-state index in [2.05, 4.69) is 39.3 Å². The fraction of sp³-hybridized carbons (Fsp3) is 0.733. The van der Waals surface area contributed by atoms with Gasteiger partial charge in [-0.1, -0.05) is 6.92 Å². The first kappa shape index (κ1) is 13.6. The van der Waals surface area contributed by atoms with E-state index in [4.69, 9.17) is 0 Å². The van der Waals surface area contributed by atoms with E-state index in [-0.39, 0.29) is 0 Å². The van der Waals surface area contributed by atoms with Gasteiger partial charge in [-0.3, -0.25) is 4.90 Å². The fourth-order valence-corrected chi connectivity index (χ4v) is 3.62. The van der Waals surface area contributed by atoms with Crippen molar-refractivity contribution in [3.05, 3.63) is 11.9 Å². The summed E-state index contributed by atoms with van der Waals surface area (Å²) in [6, 6.07) is 1.25. The molecule has 3 rings (SSSR count). The number of rotatable bonds is 5. The molecule has 2 fully saturated rings. The fourth-order valence-electron chi connectivity index (χ4n) is 3.62. The van der Waals surface area contributed by atoms with E-state index in [9.17, 15) is 0 Å². The summed E-state index contributed by atoms with van der Waals surface area (Å²) in [6.07, 6.45) is 6.52. The second kappa shape index (κ2) is 5.95. The molecule has 0 radical (unpaired) electrons. The van der Waals surface area contributed by atoms with Gasteiger partial charge < -0.3 is 10.6 Å². The molecule has 5 nitrogen and oxygen atoms in total. The molecule has 2 aliphatic rings. The maximum atomic E-state index is 4.49. The quantitative estimate of drug-likeness (QED) is 0.862. The summed E-state index contributed by atoms with van der Waals surface area (Å²) in [5.41, 5.74) is 1.21. The summed E-state index contributed by atoms with van der Waals surface area (Å²) in [5.74, 6) is 2.01. The van der Waals surface area contributed by atoms with E-state index in [1.54, 1.807) is 6.33 Å². The Hall–Kier alpha value is -1.36. The van der Waals surface area contributed by atoms with Gasteiger partial charge in [0.1, 0.15) is 18.0 Å². The van der Waals surface area contributed by atoms with Crippen LogP contribution in [-0.2, 0) is 6.42 Å². The molecule has 20 heavy (non-hydrogen) atoms. The zero-order valence-electron chi connectivity index (χ0n) is 12.5. The molecule has 0 aliphatic carbocycles. The van der Waals surface area contributed by atoms with Crippen LogP contribution in [0.4, 0.5) is 11.6 Å². The maximum absolute atomic E-state index is 4.49. The van der Waals surface area contributed by atoms with Gasteiger partial charge in [-0.2, -0.15) is 0 Å². The lowest BCUT2D eigenvalue weighted by Crippen LogP contribution is -2.34. The molecule has 2 unspecified atom stereocenters. The molecule has 1 aromatic heterocycles. The van der Waals surface area contributed by atoms with Crippen LogP contribution in [0.25, 0.3) is 0 Å². The van der Waals surface area contributed by atoms with Crippen molar-refractivity contribution in [2.45, 2.75) is 51.6 Å². The van der Waals surface area contributed by atoms with E-state index < -0.39 is 0 Å². The van der Waals surface area contributed by atoms with Gasteiger partial charge in [0.25, 0.3) is 0 Å². The lowest BCUT2D eigenvalue weighted by Gasteiger charge is -2.23. The van der Waals surface area contributed by atoms with Gasteiger partial charge in [0, 0.05) is 30.7 Å². The molecule has 110 valence electrons. The van der Waals surface area contributed by atoms with Crippen molar-refractivity contribution in [2.75, 3.05) is 30.3 Å². The third-order valence-electron chi connectivity index (χ3n) is 4.57. The minimum Gasteiger partial charge on any atom is -0.370 e. The van der Waals surface area contributed by atoms with Gasteiger partial charge in [0.15, 0.2) is 0 Å². The average molecular weight is 275 g/mol. The predicted octanol–water partition coefficient (Wildman–Crippen LogP) is 2.12. The summed E-state index contributed by atoms with van der Waals surface area (Å²) >= 11 is 0. The van der Waals surface area contributed by atoms with Crippen molar-refractivity contribution in [1.29, 1.82) is 0 Å². The SMILES string of the molecule is CCNc1ncnc(NC2CCN3CCCC23)c1CC. The summed E-state index contributed by atoms with van der Waals surface area (Å²) in [5, 5.41) is 7.03. The van der Waals surface area contributed by atoms with Crippen molar-refractivity contribution in [2.24, 2.45) is 0 Å². The van der Waals surface area contributed by atoms with Crippen LogP contribution in [0, 0.1) is 0 Å². The van der Waals surface area contributed by atoms with E-state index in [1.807, 2.05) is 0 Å². The Kier molecular flexibility index (Phi) is 4.05. The van der Waals surface area contributed by atoms with Crippen LogP contribution >= 0.6 is 0 Å². The van der Waals surface area contributed by atoms with E-state index in [0.717, 1.165) is 24.6 Å². The maximum Gasteiger partial charge on any atom is 0.134 e. The van der Waals surface area contributed by atoms with Crippen LogP contribution in [0.15, 0.2) is 6.33 Å². The highest BCUT2D eigenvalue weighted by atomic mass is 15.2. The number of aromatic nitrogens is 2. The van der Waals surface area contributed by atoms with Crippen molar-refractivity contribution >= 4 is 11.6 Å². The Balaban J connectivity index is 1.78. The molecular weight excluding hydrogens is 250 g/mol. The molecule has 2 saturated heterocycles. The molecular formula is C15H25N5. The van der Waals surface area contributed by atoms with Gasteiger partial charge >= 0.3 is 0 Å². The number of hydrogen-bond acceptors (Lipinski definition) is 5. The first-order chi connectivity index (χ1) is 9.83. The minimum absolute atomic E-state index is 0.548. The molecule has 2 aliphatic heterocycles. The molecule has 0 bridgehead atoms. The molecule has 1 aromatic rings. The molecule has 3 heterocycles. The number of nitrogens with one attached hydrogen (secondary N) is 2. The van der Waals surface area contributed by atoms with E-state index in [0.29, 0.717) is 12.1 Å². The molecule has 2 atom stereocenters. The molecule has 5 heteroatoms. The summed E-state index contributed by atoms with van der Waals surface area (Å²) in [7, 11) is 0. The largest absolute Gasteiger partial charge is 0.370 e. The lowest BCUT2D eigenvalue weighted by molar-refractivity contribution is 0.318. The Morgan fingerprint density at radius 1 is 1.20 bits per heavy atom. The van der Waals surface area contributed by atoms with Crippen molar-refractivity contribution in [3.63, 3.8) is 0 Å². The third kappa shape index (κ3) is 2.46. The van der Waals surface area contributed by atoms with Crippen LogP contribution in [0.5, 0.6) is 0 Å².